The van der Waals surface area contributed by atoms with Gasteiger partial charge in [-0.3, -0.25) is 0 Å². The molecule has 0 bridgehead atoms. The molecule has 1 heterocycles. The summed E-state index contributed by atoms with van der Waals surface area (Å²) in [6, 6.07) is 17.0. The molecule has 0 atom stereocenters. The Bertz CT molecular complexity index is 779. The van der Waals surface area contributed by atoms with Crippen molar-refractivity contribution in [2.75, 3.05) is 0 Å². The Morgan fingerprint density at radius 2 is 1.81 bits per heavy atom. The lowest BCUT2D eigenvalue weighted by molar-refractivity contribution is 1.07. The highest BCUT2D eigenvalue weighted by Gasteiger charge is 2.07. The van der Waals surface area contributed by atoms with Gasteiger partial charge < -0.3 is 5.73 Å². The van der Waals surface area contributed by atoms with Crippen molar-refractivity contribution in [3.63, 3.8) is 0 Å². The molecule has 3 aromatic rings. The number of aromatic nitrogens is 1. The van der Waals surface area contributed by atoms with Gasteiger partial charge in [-0.15, -0.1) is 0 Å². The second-order valence-electron chi connectivity index (χ2n) is 5.08. The van der Waals surface area contributed by atoms with E-state index < -0.39 is 0 Å². The van der Waals surface area contributed by atoms with Crippen LogP contribution in [0.25, 0.3) is 22.2 Å². The summed E-state index contributed by atoms with van der Waals surface area (Å²) in [5.74, 6) is 0. The van der Waals surface area contributed by atoms with Gasteiger partial charge in [-0.2, -0.15) is 0 Å². The molecule has 1 aromatic heterocycles. The molecule has 3 heteroatoms. The molecule has 0 radical (unpaired) electrons. The predicted molar refractivity (Wildman–Crippen MR) is 97.2 cm³/mol. The van der Waals surface area contributed by atoms with E-state index in [2.05, 4.69) is 78.0 Å². The Labute approximate surface area is 138 Å². The lowest BCUT2D eigenvalue weighted by atomic mass is 10.0. The van der Waals surface area contributed by atoms with Gasteiger partial charge in [-0.1, -0.05) is 31.2 Å². The Hall–Kier alpha value is -1.46. The molecular weight excluding hydrogens is 371 g/mol. The zero-order chi connectivity index (χ0) is 14.8. The molecule has 2 nitrogen and oxygen atoms in total. The van der Waals surface area contributed by atoms with Gasteiger partial charge >= 0.3 is 0 Å². The number of rotatable bonds is 3. The van der Waals surface area contributed by atoms with Crippen LogP contribution in [-0.4, -0.2) is 4.98 Å². The minimum atomic E-state index is 0.573. The van der Waals surface area contributed by atoms with Gasteiger partial charge in [0.25, 0.3) is 0 Å². The fraction of sp³-hybridized carbons (Fsp3) is 0.167. The summed E-state index contributed by atoms with van der Waals surface area (Å²) in [4.78, 5) is 4.82. The maximum Gasteiger partial charge on any atom is 0.0713 e. The third-order valence-electron chi connectivity index (χ3n) is 3.72. The summed E-state index contributed by atoms with van der Waals surface area (Å²) in [5, 5.41) is 1.26. The second-order valence-corrected chi connectivity index (χ2v) is 6.33. The van der Waals surface area contributed by atoms with Gasteiger partial charge in [0.15, 0.2) is 0 Å². The zero-order valence-electron chi connectivity index (χ0n) is 11.9. The number of pyridine rings is 1. The zero-order valence-corrected chi connectivity index (χ0v) is 14.1. The van der Waals surface area contributed by atoms with Gasteiger partial charge in [0.2, 0.25) is 0 Å². The number of aryl methyl sites for hydroxylation is 1. The van der Waals surface area contributed by atoms with Crippen molar-refractivity contribution in [3.8, 4) is 11.3 Å². The molecule has 0 saturated carbocycles. The van der Waals surface area contributed by atoms with Gasteiger partial charge in [-0.05, 0) is 64.4 Å². The number of benzene rings is 2. The fourth-order valence-electron chi connectivity index (χ4n) is 2.52. The van der Waals surface area contributed by atoms with Crippen molar-refractivity contribution in [3.05, 3.63) is 63.2 Å². The van der Waals surface area contributed by atoms with E-state index in [1.165, 1.54) is 14.5 Å². The summed E-state index contributed by atoms with van der Waals surface area (Å²) >= 11 is 2.35. The molecular formula is C18H17IN2. The highest BCUT2D eigenvalue weighted by Crippen LogP contribution is 2.26. The average Bonchev–Trinajstić information content (AvgIpc) is 2.54. The summed E-state index contributed by atoms with van der Waals surface area (Å²) in [7, 11) is 0. The minimum Gasteiger partial charge on any atom is -0.326 e. The molecule has 0 spiro atoms. The van der Waals surface area contributed by atoms with E-state index in [1.807, 2.05) is 0 Å². The number of halogens is 1. The average molecular weight is 388 g/mol. The second kappa shape index (κ2) is 6.12. The molecule has 0 aliphatic carbocycles. The van der Waals surface area contributed by atoms with Crippen LogP contribution in [0.1, 0.15) is 18.1 Å². The first-order valence-electron chi connectivity index (χ1n) is 7.10. The largest absolute Gasteiger partial charge is 0.326 e. The van der Waals surface area contributed by atoms with Crippen LogP contribution in [0.3, 0.4) is 0 Å². The molecule has 106 valence electrons. The molecule has 0 unspecified atom stereocenters. The molecule has 0 aliphatic heterocycles. The first-order valence-corrected chi connectivity index (χ1v) is 8.17. The van der Waals surface area contributed by atoms with Crippen LogP contribution in [0.2, 0.25) is 0 Å². The van der Waals surface area contributed by atoms with E-state index in [4.69, 9.17) is 10.7 Å². The number of hydrogen-bond acceptors (Lipinski definition) is 2. The Kier molecular flexibility index (Phi) is 4.22. The molecule has 2 aromatic carbocycles. The highest BCUT2D eigenvalue weighted by molar-refractivity contribution is 14.1. The Morgan fingerprint density at radius 1 is 1.05 bits per heavy atom. The van der Waals surface area contributed by atoms with Crippen LogP contribution in [0.5, 0.6) is 0 Å². The number of nitrogens with two attached hydrogens (primary N) is 1. The van der Waals surface area contributed by atoms with Crippen molar-refractivity contribution in [1.29, 1.82) is 0 Å². The van der Waals surface area contributed by atoms with Crippen LogP contribution >= 0.6 is 22.6 Å². The standard InChI is InChI=1S/C18H17IN2/c1-2-13-9-18(14-5-3-12(11-20)4-6-14)21-17-8-7-15(19)10-16(13)17/h3-10H,2,11,20H2,1H3. The first kappa shape index (κ1) is 14.5. The lowest BCUT2D eigenvalue weighted by Gasteiger charge is -2.09. The Balaban J connectivity index is 2.16. The summed E-state index contributed by atoms with van der Waals surface area (Å²) in [5.41, 5.74) is 11.4. The van der Waals surface area contributed by atoms with Gasteiger partial charge in [0.05, 0.1) is 11.2 Å². The molecule has 21 heavy (non-hydrogen) atoms. The van der Waals surface area contributed by atoms with Gasteiger partial charge in [0.1, 0.15) is 0 Å². The third-order valence-corrected chi connectivity index (χ3v) is 4.39. The van der Waals surface area contributed by atoms with Crippen LogP contribution < -0.4 is 5.73 Å². The van der Waals surface area contributed by atoms with Crippen molar-refractivity contribution < 1.29 is 0 Å². The van der Waals surface area contributed by atoms with E-state index in [-0.39, 0.29) is 0 Å². The monoisotopic (exact) mass is 388 g/mol. The maximum absolute atomic E-state index is 5.66. The molecule has 0 amide bonds. The molecule has 3 rings (SSSR count). The number of nitrogens with zero attached hydrogens (tertiary/aromatic N) is 1. The summed E-state index contributed by atoms with van der Waals surface area (Å²) in [6.07, 6.45) is 1.01. The van der Waals surface area contributed by atoms with Crippen molar-refractivity contribution in [1.82, 2.24) is 4.98 Å². The molecule has 2 N–H and O–H groups in total. The predicted octanol–water partition coefficient (Wildman–Crippen LogP) is 4.53. The minimum absolute atomic E-state index is 0.573. The van der Waals surface area contributed by atoms with Gasteiger partial charge in [0, 0.05) is 21.1 Å². The maximum atomic E-state index is 5.66. The van der Waals surface area contributed by atoms with Crippen molar-refractivity contribution >= 4 is 33.5 Å². The van der Waals surface area contributed by atoms with Gasteiger partial charge in [-0.25, -0.2) is 4.98 Å². The van der Waals surface area contributed by atoms with Crippen LogP contribution in [0.15, 0.2) is 48.5 Å². The van der Waals surface area contributed by atoms with Crippen molar-refractivity contribution in [2.45, 2.75) is 19.9 Å². The van der Waals surface area contributed by atoms with Crippen LogP contribution in [-0.2, 0) is 13.0 Å². The van der Waals surface area contributed by atoms with E-state index in [0.717, 1.165) is 28.8 Å². The number of fused-ring (bicyclic) bond motifs is 1. The van der Waals surface area contributed by atoms with Crippen LogP contribution in [0.4, 0.5) is 0 Å². The molecule has 0 aliphatic rings. The van der Waals surface area contributed by atoms with E-state index >= 15 is 0 Å². The first-order chi connectivity index (χ1) is 10.2. The van der Waals surface area contributed by atoms with E-state index in [1.54, 1.807) is 0 Å². The lowest BCUT2D eigenvalue weighted by Crippen LogP contribution is -1.96. The third kappa shape index (κ3) is 2.94. The quantitative estimate of drug-likeness (QED) is 0.670. The molecule has 0 fully saturated rings. The fourth-order valence-corrected chi connectivity index (χ4v) is 3.01. The number of hydrogen-bond donors (Lipinski definition) is 1. The van der Waals surface area contributed by atoms with E-state index in [9.17, 15) is 0 Å². The normalized spacial score (nSPS) is 11.0. The topological polar surface area (TPSA) is 38.9 Å². The van der Waals surface area contributed by atoms with E-state index in [0.29, 0.717) is 6.54 Å². The summed E-state index contributed by atoms with van der Waals surface area (Å²) in [6.45, 7) is 2.76. The SMILES string of the molecule is CCc1cc(-c2ccc(CN)cc2)nc2ccc(I)cc12. The molecule has 0 saturated heterocycles. The van der Waals surface area contributed by atoms with Crippen LogP contribution in [0, 0.1) is 3.57 Å². The van der Waals surface area contributed by atoms with Crippen molar-refractivity contribution in [2.24, 2.45) is 5.73 Å². The highest BCUT2D eigenvalue weighted by atomic mass is 127. The smallest absolute Gasteiger partial charge is 0.0713 e. The summed E-state index contributed by atoms with van der Waals surface area (Å²) < 4.78 is 1.25. The Morgan fingerprint density at radius 3 is 2.48 bits per heavy atom.